The minimum atomic E-state index is -4.83. The Hall–Kier alpha value is -1.92. The van der Waals surface area contributed by atoms with Gasteiger partial charge < -0.3 is 4.90 Å². The number of piperidine rings is 1. The average Bonchev–Trinajstić information content (AvgIpc) is 3.20. The highest BCUT2D eigenvalue weighted by molar-refractivity contribution is 7.80. The second-order valence-electron chi connectivity index (χ2n) is 6.31. The van der Waals surface area contributed by atoms with Gasteiger partial charge in [-0.2, -0.15) is 13.5 Å². The summed E-state index contributed by atoms with van der Waals surface area (Å²) >= 11 is 0. The standard InChI is InChI=1S/C12H18N4O7S/c1-6-4-8(6)10(17)13-14-11(18)9-3-2-7-5-15(9)12(19)16(7)23-24(20,21)22/h6-9H,2-5H2,1H3,(H,13,17)(H,14,18)(H,20,21,22)/t6?,7-,8?,9+/m1/s1. The van der Waals surface area contributed by atoms with Gasteiger partial charge in [0.05, 0.1) is 6.04 Å². The van der Waals surface area contributed by atoms with Crippen molar-refractivity contribution in [2.45, 2.75) is 38.3 Å². The van der Waals surface area contributed by atoms with Gasteiger partial charge in [0.25, 0.3) is 5.91 Å². The smallest absolute Gasteiger partial charge is 0.309 e. The molecule has 3 N–H and O–H groups in total. The van der Waals surface area contributed by atoms with Gasteiger partial charge in [-0.05, 0) is 25.2 Å². The number of rotatable bonds is 4. The van der Waals surface area contributed by atoms with Crippen LogP contribution in [0.25, 0.3) is 0 Å². The molecular weight excluding hydrogens is 344 g/mol. The molecule has 134 valence electrons. The molecule has 0 aromatic carbocycles. The lowest BCUT2D eigenvalue weighted by molar-refractivity contribution is -0.132. The molecule has 3 fully saturated rings. The van der Waals surface area contributed by atoms with E-state index in [0.717, 1.165) is 11.3 Å². The zero-order valence-electron chi connectivity index (χ0n) is 12.8. The van der Waals surface area contributed by atoms with Crippen molar-refractivity contribution < 1.29 is 31.6 Å². The Morgan fingerprint density at radius 1 is 1.25 bits per heavy atom. The van der Waals surface area contributed by atoms with E-state index < -0.39 is 34.4 Å². The average molecular weight is 362 g/mol. The molecule has 3 aliphatic rings. The fourth-order valence-corrected chi connectivity index (χ4v) is 3.48. The van der Waals surface area contributed by atoms with Gasteiger partial charge in [-0.1, -0.05) is 6.92 Å². The second-order valence-corrected chi connectivity index (χ2v) is 7.31. The number of carbonyl (C=O) groups excluding carboxylic acids is 3. The molecule has 1 aliphatic carbocycles. The van der Waals surface area contributed by atoms with E-state index in [4.69, 9.17) is 4.55 Å². The normalized spacial score (nSPS) is 31.8. The topological polar surface area (TPSA) is 145 Å². The second kappa shape index (κ2) is 5.86. The Morgan fingerprint density at radius 3 is 2.46 bits per heavy atom. The van der Waals surface area contributed by atoms with E-state index in [9.17, 15) is 22.8 Å². The van der Waals surface area contributed by atoms with E-state index in [0.29, 0.717) is 17.4 Å². The fraction of sp³-hybridized carbons (Fsp3) is 0.750. The van der Waals surface area contributed by atoms with Gasteiger partial charge in [0.15, 0.2) is 0 Å². The minimum absolute atomic E-state index is 0.0973. The van der Waals surface area contributed by atoms with Crippen LogP contribution in [0.3, 0.4) is 0 Å². The van der Waals surface area contributed by atoms with Crippen molar-refractivity contribution in [1.82, 2.24) is 20.8 Å². The Bertz CT molecular complexity index is 681. The van der Waals surface area contributed by atoms with Crippen LogP contribution in [0.1, 0.15) is 26.2 Å². The maximum absolute atomic E-state index is 12.2. The first kappa shape index (κ1) is 16.9. The molecule has 24 heavy (non-hydrogen) atoms. The Kier molecular flexibility index (Phi) is 4.13. The van der Waals surface area contributed by atoms with E-state index in [1.54, 1.807) is 0 Å². The minimum Gasteiger partial charge on any atom is -0.309 e. The first-order chi connectivity index (χ1) is 11.2. The molecule has 0 aromatic heterocycles. The molecule has 2 unspecified atom stereocenters. The zero-order valence-corrected chi connectivity index (χ0v) is 13.7. The number of hydrogen-bond donors (Lipinski definition) is 3. The highest BCUT2D eigenvalue weighted by Crippen LogP contribution is 2.37. The summed E-state index contributed by atoms with van der Waals surface area (Å²) in [5.74, 6) is -0.637. The number of hydroxylamine groups is 2. The molecule has 0 radical (unpaired) electrons. The fourth-order valence-electron chi connectivity index (χ4n) is 3.09. The van der Waals surface area contributed by atoms with Crippen molar-refractivity contribution in [2.24, 2.45) is 11.8 Å². The lowest BCUT2D eigenvalue weighted by Crippen LogP contribution is -2.54. The van der Waals surface area contributed by atoms with Gasteiger partial charge in [0.2, 0.25) is 5.91 Å². The summed E-state index contributed by atoms with van der Waals surface area (Å²) in [6.45, 7) is 2.03. The number of nitrogens with one attached hydrogen (secondary N) is 2. The van der Waals surface area contributed by atoms with E-state index in [-0.39, 0.29) is 24.8 Å². The van der Waals surface area contributed by atoms with E-state index in [1.165, 1.54) is 0 Å². The molecule has 12 heteroatoms. The Balaban J connectivity index is 1.59. The molecule has 1 saturated carbocycles. The van der Waals surface area contributed by atoms with Crippen LogP contribution in [-0.4, -0.2) is 59.4 Å². The lowest BCUT2D eigenvalue weighted by atomic mass is 10.0. The van der Waals surface area contributed by atoms with Crippen LogP contribution in [-0.2, 0) is 24.3 Å². The van der Waals surface area contributed by atoms with Crippen LogP contribution in [0.2, 0.25) is 0 Å². The number of fused-ring (bicyclic) bond motifs is 2. The van der Waals surface area contributed by atoms with Gasteiger partial charge in [-0.15, -0.1) is 4.28 Å². The molecule has 4 atom stereocenters. The summed E-state index contributed by atoms with van der Waals surface area (Å²) in [5, 5.41) is 0.563. The van der Waals surface area contributed by atoms with Crippen LogP contribution in [0.4, 0.5) is 4.79 Å². The summed E-state index contributed by atoms with van der Waals surface area (Å²) in [6, 6.07) is -2.23. The summed E-state index contributed by atoms with van der Waals surface area (Å²) < 4.78 is 34.6. The van der Waals surface area contributed by atoms with E-state index in [1.807, 2.05) is 6.92 Å². The zero-order chi connectivity index (χ0) is 17.6. The van der Waals surface area contributed by atoms with Crippen molar-refractivity contribution in [2.75, 3.05) is 6.54 Å². The van der Waals surface area contributed by atoms with Crippen LogP contribution >= 0.6 is 0 Å². The number of amides is 4. The van der Waals surface area contributed by atoms with Crippen LogP contribution < -0.4 is 10.9 Å². The first-order valence-corrected chi connectivity index (χ1v) is 8.90. The van der Waals surface area contributed by atoms with Gasteiger partial charge in [-0.3, -0.25) is 25.0 Å². The third-order valence-corrected chi connectivity index (χ3v) is 4.90. The van der Waals surface area contributed by atoms with Crippen LogP contribution in [0, 0.1) is 11.8 Å². The largest absolute Gasteiger partial charge is 0.418 e. The van der Waals surface area contributed by atoms with Crippen LogP contribution in [0.15, 0.2) is 0 Å². The van der Waals surface area contributed by atoms with Gasteiger partial charge in [0.1, 0.15) is 6.04 Å². The number of urea groups is 1. The van der Waals surface area contributed by atoms with Crippen molar-refractivity contribution in [1.29, 1.82) is 0 Å². The Morgan fingerprint density at radius 2 is 1.88 bits per heavy atom. The predicted octanol–water partition coefficient (Wildman–Crippen LogP) is -1.21. The third-order valence-electron chi connectivity index (χ3n) is 4.56. The van der Waals surface area contributed by atoms with E-state index >= 15 is 0 Å². The molecule has 2 heterocycles. The number of nitrogens with zero attached hydrogens (tertiary/aromatic N) is 2. The van der Waals surface area contributed by atoms with Gasteiger partial charge >= 0.3 is 16.4 Å². The first-order valence-electron chi connectivity index (χ1n) is 7.54. The quantitative estimate of drug-likeness (QED) is 0.420. The lowest BCUT2D eigenvalue weighted by Gasteiger charge is -2.29. The molecule has 11 nitrogen and oxygen atoms in total. The highest BCUT2D eigenvalue weighted by atomic mass is 32.3. The SMILES string of the molecule is CC1CC1C(=O)NNC(=O)[C@@H]1CC[C@@H]2CN1C(=O)N2OS(=O)(=O)O. The molecule has 4 amide bonds. The maximum Gasteiger partial charge on any atom is 0.418 e. The van der Waals surface area contributed by atoms with Crippen molar-refractivity contribution in [3.8, 4) is 0 Å². The number of hydrazine groups is 1. The number of hydrogen-bond acceptors (Lipinski definition) is 6. The third kappa shape index (κ3) is 3.30. The van der Waals surface area contributed by atoms with E-state index in [2.05, 4.69) is 15.1 Å². The molecule has 3 rings (SSSR count). The molecule has 2 bridgehead atoms. The molecular formula is C12H18N4O7S. The van der Waals surface area contributed by atoms with Crippen LogP contribution in [0.5, 0.6) is 0 Å². The summed E-state index contributed by atoms with van der Waals surface area (Å²) in [4.78, 5) is 37.2. The summed E-state index contributed by atoms with van der Waals surface area (Å²) in [6.07, 6.45) is 1.38. The van der Waals surface area contributed by atoms with Crippen molar-refractivity contribution in [3.05, 3.63) is 0 Å². The van der Waals surface area contributed by atoms with Gasteiger partial charge in [0, 0.05) is 12.5 Å². The van der Waals surface area contributed by atoms with Crippen molar-refractivity contribution >= 4 is 28.2 Å². The van der Waals surface area contributed by atoms with Gasteiger partial charge in [-0.25, -0.2) is 4.79 Å². The summed E-state index contributed by atoms with van der Waals surface area (Å²) in [5.41, 5.74) is 4.64. The summed E-state index contributed by atoms with van der Waals surface area (Å²) in [7, 11) is -4.83. The highest BCUT2D eigenvalue weighted by Gasteiger charge is 2.49. The monoisotopic (exact) mass is 362 g/mol. The molecule has 0 spiro atoms. The molecule has 0 aromatic rings. The molecule has 2 aliphatic heterocycles. The Labute approximate surface area is 138 Å². The molecule has 2 saturated heterocycles. The predicted molar refractivity (Wildman–Crippen MR) is 76.9 cm³/mol. The number of carbonyl (C=O) groups is 3. The van der Waals surface area contributed by atoms with Crippen molar-refractivity contribution in [3.63, 3.8) is 0 Å². The maximum atomic E-state index is 12.2.